The second-order valence-corrected chi connectivity index (χ2v) is 4.92. The number of hydrogen-bond donors (Lipinski definition) is 2. The molecule has 0 saturated carbocycles. The lowest BCUT2D eigenvalue weighted by molar-refractivity contribution is 0.400. The highest BCUT2D eigenvalue weighted by molar-refractivity contribution is 6.31. The fourth-order valence-corrected chi connectivity index (χ4v) is 2.00. The number of aromatic nitrogens is 1. The second-order valence-electron chi connectivity index (χ2n) is 4.48. The Kier molecular flexibility index (Phi) is 4.05. The first kappa shape index (κ1) is 12.4. The van der Waals surface area contributed by atoms with Gasteiger partial charge in [0.25, 0.3) is 0 Å². The number of fused-ring (bicyclic) bond motifs is 1. The van der Waals surface area contributed by atoms with Gasteiger partial charge in [0.15, 0.2) is 0 Å². The highest BCUT2D eigenvalue weighted by Gasteiger charge is 2.03. The lowest BCUT2D eigenvalue weighted by Gasteiger charge is -2.09. The van der Waals surface area contributed by atoms with Crippen LogP contribution in [0.3, 0.4) is 0 Å². The predicted octanol–water partition coefficient (Wildman–Crippen LogP) is 2.47. The van der Waals surface area contributed by atoms with Gasteiger partial charge in [-0.1, -0.05) is 17.7 Å². The summed E-state index contributed by atoms with van der Waals surface area (Å²) in [6.45, 7) is 2.93. The average Bonchev–Trinajstić information content (AvgIpc) is 2.66. The number of benzene rings is 1. The van der Waals surface area contributed by atoms with Gasteiger partial charge in [0.05, 0.1) is 0 Å². The summed E-state index contributed by atoms with van der Waals surface area (Å²) in [6.07, 6.45) is 2.05. The number of aromatic amines is 1. The molecule has 0 unspecified atom stereocenters. The van der Waals surface area contributed by atoms with E-state index in [1.54, 1.807) is 0 Å². The van der Waals surface area contributed by atoms with Crippen molar-refractivity contribution in [3.8, 4) is 0 Å². The standard InChI is InChI=1S/C13H18ClN3/c1-17(2)6-5-15-8-10-9-16-13-7-11(14)3-4-12(10)13/h3-4,7,9,15-16H,5-6,8H2,1-2H3. The van der Waals surface area contributed by atoms with Crippen molar-refractivity contribution in [3.63, 3.8) is 0 Å². The summed E-state index contributed by atoms with van der Waals surface area (Å²) in [5, 5.41) is 5.44. The van der Waals surface area contributed by atoms with Crippen molar-refractivity contribution < 1.29 is 0 Å². The molecule has 0 aliphatic carbocycles. The van der Waals surface area contributed by atoms with Gasteiger partial charge < -0.3 is 15.2 Å². The Balaban J connectivity index is 1.99. The normalized spacial score (nSPS) is 11.5. The number of nitrogens with zero attached hydrogens (tertiary/aromatic N) is 1. The van der Waals surface area contributed by atoms with Crippen LogP contribution in [0.1, 0.15) is 5.56 Å². The van der Waals surface area contributed by atoms with Crippen molar-refractivity contribution in [2.45, 2.75) is 6.54 Å². The molecule has 0 atom stereocenters. The summed E-state index contributed by atoms with van der Waals surface area (Å²) in [6, 6.07) is 5.96. The molecule has 1 heterocycles. The quantitative estimate of drug-likeness (QED) is 0.800. The first-order valence-electron chi connectivity index (χ1n) is 5.78. The van der Waals surface area contributed by atoms with Crippen LogP contribution in [0.2, 0.25) is 5.02 Å². The maximum Gasteiger partial charge on any atom is 0.0472 e. The van der Waals surface area contributed by atoms with E-state index in [9.17, 15) is 0 Å². The lowest BCUT2D eigenvalue weighted by Crippen LogP contribution is -2.26. The van der Waals surface area contributed by atoms with Crippen molar-refractivity contribution in [1.82, 2.24) is 15.2 Å². The maximum absolute atomic E-state index is 5.95. The minimum absolute atomic E-state index is 0.770. The smallest absolute Gasteiger partial charge is 0.0472 e. The van der Waals surface area contributed by atoms with E-state index in [1.165, 1.54) is 10.9 Å². The van der Waals surface area contributed by atoms with Crippen LogP contribution in [-0.4, -0.2) is 37.1 Å². The van der Waals surface area contributed by atoms with Crippen LogP contribution in [0.5, 0.6) is 0 Å². The number of hydrogen-bond acceptors (Lipinski definition) is 2. The van der Waals surface area contributed by atoms with E-state index in [2.05, 4.69) is 35.4 Å². The van der Waals surface area contributed by atoms with Gasteiger partial charge >= 0.3 is 0 Å². The van der Waals surface area contributed by atoms with Gasteiger partial charge in [0.2, 0.25) is 0 Å². The zero-order valence-corrected chi connectivity index (χ0v) is 11.0. The Morgan fingerprint density at radius 2 is 2.18 bits per heavy atom. The van der Waals surface area contributed by atoms with Gasteiger partial charge in [-0.2, -0.15) is 0 Å². The zero-order chi connectivity index (χ0) is 12.3. The molecule has 0 amide bonds. The molecule has 17 heavy (non-hydrogen) atoms. The monoisotopic (exact) mass is 251 g/mol. The van der Waals surface area contributed by atoms with E-state index in [-0.39, 0.29) is 0 Å². The number of H-pyrrole nitrogens is 1. The van der Waals surface area contributed by atoms with Crippen molar-refractivity contribution >= 4 is 22.5 Å². The summed E-state index contributed by atoms with van der Waals surface area (Å²) in [7, 11) is 4.16. The number of nitrogens with one attached hydrogen (secondary N) is 2. The SMILES string of the molecule is CN(C)CCNCc1c[nH]c2cc(Cl)ccc12. The van der Waals surface area contributed by atoms with Crippen LogP contribution < -0.4 is 5.32 Å². The molecule has 0 spiro atoms. The molecule has 2 rings (SSSR count). The van der Waals surface area contributed by atoms with Crippen molar-refractivity contribution in [3.05, 3.63) is 35.0 Å². The molecule has 2 N–H and O–H groups in total. The molecule has 4 heteroatoms. The minimum atomic E-state index is 0.770. The highest BCUT2D eigenvalue weighted by Crippen LogP contribution is 2.21. The van der Waals surface area contributed by atoms with Crippen LogP contribution >= 0.6 is 11.6 Å². The van der Waals surface area contributed by atoms with Crippen molar-refractivity contribution in [2.75, 3.05) is 27.2 Å². The molecule has 92 valence electrons. The number of likely N-dealkylation sites (N-methyl/N-ethyl adjacent to an activating group) is 1. The fourth-order valence-electron chi connectivity index (χ4n) is 1.83. The number of halogens is 1. The van der Waals surface area contributed by atoms with Crippen LogP contribution in [-0.2, 0) is 6.54 Å². The first-order valence-corrected chi connectivity index (χ1v) is 6.15. The van der Waals surface area contributed by atoms with Crippen molar-refractivity contribution in [2.24, 2.45) is 0 Å². The average molecular weight is 252 g/mol. The first-order chi connectivity index (χ1) is 8.16. The fraction of sp³-hybridized carbons (Fsp3) is 0.385. The van der Waals surface area contributed by atoms with E-state index in [0.29, 0.717) is 0 Å². The van der Waals surface area contributed by atoms with E-state index in [4.69, 9.17) is 11.6 Å². The maximum atomic E-state index is 5.95. The Hall–Kier alpha value is -1.03. The Labute approximate surface area is 107 Å². The van der Waals surface area contributed by atoms with Gasteiger partial charge in [-0.3, -0.25) is 0 Å². The van der Waals surface area contributed by atoms with Crippen LogP contribution in [0, 0.1) is 0 Å². The second kappa shape index (κ2) is 5.54. The summed E-state index contributed by atoms with van der Waals surface area (Å²) in [4.78, 5) is 5.41. The zero-order valence-electron chi connectivity index (χ0n) is 10.3. The molecule has 0 aliphatic heterocycles. The molecular formula is C13H18ClN3. The Morgan fingerprint density at radius 1 is 1.35 bits per heavy atom. The summed E-state index contributed by atoms with van der Waals surface area (Å²) < 4.78 is 0. The summed E-state index contributed by atoms with van der Waals surface area (Å²) in [5.74, 6) is 0. The molecule has 1 aromatic heterocycles. The molecule has 2 aromatic rings. The molecule has 0 saturated heterocycles. The minimum Gasteiger partial charge on any atom is -0.361 e. The molecule has 0 radical (unpaired) electrons. The Morgan fingerprint density at radius 3 is 2.94 bits per heavy atom. The van der Waals surface area contributed by atoms with E-state index < -0.39 is 0 Å². The highest BCUT2D eigenvalue weighted by atomic mass is 35.5. The van der Waals surface area contributed by atoms with E-state index in [0.717, 1.165) is 30.2 Å². The van der Waals surface area contributed by atoms with Crippen molar-refractivity contribution in [1.29, 1.82) is 0 Å². The topological polar surface area (TPSA) is 31.1 Å². The summed E-state index contributed by atoms with van der Waals surface area (Å²) in [5.41, 5.74) is 2.39. The molecule has 0 bridgehead atoms. The Bertz CT molecular complexity index is 490. The molecule has 0 aliphatic rings. The third-order valence-corrected chi connectivity index (χ3v) is 3.02. The van der Waals surface area contributed by atoms with Gasteiger partial charge in [-0.05, 0) is 31.8 Å². The summed E-state index contributed by atoms with van der Waals surface area (Å²) >= 11 is 5.95. The van der Waals surface area contributed by atoms with Crippen LogP contribution in [0.25, 0.3) is 10.9 Å². The third kappa shape index (κ3) is 3.22. The van der Waals surface area contributed by atoms with Crippen LogP contribution in [0.15, 0.2) is 24.4 Å². The van der Waals surface area contributed by atoms with E-state index in [1.807, 2.05) is 18.3 Å². The number of rotatable bonds is 5. The predicted molar refractivity (Wildman–Crippen MR) is 73.6 cm³/mol. The van der Waals surface area contributed by atoms with E-state index >= 15 is 0 Å². The van der Waals surface area contributed by atoms with Gasteiger partial charge in [-0.15, -0.1) is 0 Å². The van der Waals surface area contributed by atoms with Gasteiger partial charge in [0.1, 0.15) is 0 Å². The van der Waals surface area contributed by atoms with Crippen LogP contribution in [0.4, 0.5) is 0 Å². The van der Waals surface area contributed by atoms with Gasteiger partial charge in [-0.25, -0.2) is 0 Å². The van der Waals surface area contributed by atoms with Gasteiger partial charge in [0, 0.05) is 41.8 Å². The molecular weight excluding hydrogens is 234 g/mol. The third-order valence-electron chi connectivity index (χ3n) is 2.78. The lowest BCUT2D eigenvalue weighted by atomic mass is 10.2. The largest absolute Gasteiger partial charge is 0.361 e. The molecule has 1 aromatic carbocycles. The molecule has 3 nitrogen and oxygen atoms in total. The molecule has 0 fully saturated rings.